The van der Waals surface area contributed by atoms with Gasteiger partial charge in [-0.25, -0.2) is 0 Å². The quantitative estimate of drug-likeness (QED) is 0.527. The van der Waals surface area contributed by atoms with Gasteiger partial charge in [0.25, 0.3) is 0 Å². The fraction of sp³-hybridized carbons (Fsp3) is 0.917. The van der Waals surface area contributed by atoms with Crippen molar-refractivity contribution in [2.24, 2.45) is 11.7 Å². The Labute approximate surface area is 88.8 Å². The molecule has 1 saturated carbocycles. The molecule has 0 radical (unpaired) electrons. The lowest BCUT2D eigenvalue weighted by Crippen LogP contribution is -2.24. The minimum Gasteiger partial charge on any atom is -0.387 e. The first-order valence-corrected chi connectivity index (χ1v) is 6.06. The average molecular weight is 198 g/mol. The second-order valence-electron chi connectivity index (χ2n) is 4.14. The van der Waals surface area contributed by atoms with Gasteiger partial charge in [-0.2, -0.15) is 0 Å². The van der Waals surface area contributed by atoms with Gasteiger partial charge in [0.1, 0.15) is 0 Å². The van der Waals surface area contributed by atoms with E-state index in [-0.39, 0.29) is 0 Å². The third-order valence-corrected chi connectivity index (χ3v) is 2.75. The predicted octanol–water partition coefficient (Wildman–Crippen LogP) is 3.70. The molecule has 0 heterocycles. The lowest BCUT2D eigenvalue weighted by Gasteiger charge is -2.19. The molecule has 1 rings (SSSR count). The molecule has 0 unspecified atom stereocenters. The Kier molecular flexibility index (Phi) is 8.70. The zero-order valence-corrected chi connectivity index (χ0v) is 9.81. The monoisotopic (exact) mass is 198 g/mol. The Morgan fingerprint density at radius 3 is 1.86 bits per heavy atom. The molecule has 1 aliphatic rings. The minimum atomic E-state index is 0.398. The SMILES string of the molecule is CCCCC.N=C(N)C1CCCCC1. The summed E-state index contributed by atoms with van der Waals surface area (Å²) in [6.45, 7) is 4.42. The second-order valence-corrected chi connectivity index (χ2v) is 4.14. The van der Waals surface area contributed by atoms with E-state index < -0.39 is 0 Å². The van der Waals surface area contributed by atoms with Crippen LogP contribution in [0.15, 0.2) is 0 Å². The molecule has 1 fully saturated rings. The normalized spacial score (nSPS) is 17.0. The largest absolute Gasteiger partial charge is 0.387 e. The van der Waals surface area contributed by atoms with E-state index in [0.717, 1.165) is 12.8 Å². The summed E-state index contributed by atoms with van der Waals surface area (Å²) in [5.74, 6) is 0.813. The lowest BCUT2D eigenvalue weighted by atomic mass is 9.89. The van der Waals surface area contributed by atoms with Crippen LogP contribution in [-0.2, 0) is 0 Å². The highest BCUT2D eigenvalue weighted by Gasteiger charge is 2.14. The highest BCUT2D eigenvalue weighted by atomic mass is 14.7. The Morgan fingerprint density at radius 1 is 1.14 bits per heavy atom. The fourth-order valence-electron chi connectivity index (χ4n) is 1.77. The van der Waals surface area contributed by atoms with Crippen molar-refractivity contribution in [3.8, 4) is 0 Å². The van der Waals surface area contributed by atoms with Gasteiger partial charge in [0.05, 0.1) is 5.84 Å². The van der Waals surface area contributed by atoms with Crippen molar-refractivity contribution in [1.29, 1.82) is 5.41 Å². The number of amidine groups is 1. The number of hydrogen-bond donors (Lipinski definition) is 2. The van der Waals surface area contributed by atoms with Crippen LogP contribution >= 0.6 is 0 Å². The molecule has 0 spiro atoms. The summed E-state index contributed by atoms with van der Waals surface area (Å²) in [6, 6.07) is 0. The van der Waals surface area contributed by atoms with E-state index in [1.54, 1.807) is 0 Å². The van der Waals surface area contributed by atoms with Gasteiger partial charge in [0.2, 0.25) is 0 Å². The van der Waals surface area contributed by atoms with Crippen molar-refractivity contribution >= 4 is 5.84 Å². The maximum absolute atomic E-state index is 7.17. The highest BCUT2D eigenvalue weighted by Crippen LogP contribution is 2.22. The predicted molar refractivity (Wildman–Crippen MR) is 63.7 cm³/mol. The van der Waals surface area contributed by atoms with Crippen LogP contribution in [-0.4, -0.2) is 5.84 Å². The van der Waals surface area contributed by atoms with Crippen LogP contribution in [0.2, 0.25) is 0 Å². The van der Waals surface area contributed by atoms with Gasteiger partial charge in [0.15, 0.2) is 0 Å². The minimum absolute atomic E-state index is 0.398. The van der Waals surface area contributed by atoms with E-state index in [4.69, 9.17) is 11.1 Å². The molecule has 84 valence electrons. The lowest BCUT2D eigenvalue weighted by molar-refractivity contribution is 0.436. The zero-order chi connectivity index (χ0) is 10.8. The van der Waals surface area contributed by atoms with Gasteiger partial charge >= 0.3 is 0 Å². The van der Waals surface area contributed by atoms with E-state index in [1.807, 2.05) is 0 Å². The van der Waals surface area contributed by atoms with Crippen molar-refractivity contribution in [3.63, 3.8) is 0 Å². The van der Waals surface area contributed by atoms with Crippen LogP contribution in [0.5, 0.6) is 0 Å². The zero-order valence-electron chi connectivity index (χ0n) is 9.81. The summed E-state index contributed by atoms with van der Waals surface area (Å²) in [6.07, 6.45) is 10.2. The average Bonchev–Trinajstić information content (AvgIpc) is 2.21. The van der Waals surface area contributed by atoms with Crippen LogP contribution in [0.1, 0.15) is 65.2 Å². The van der Waals surface area contributed by atoms with E-state index in [9.17, 15) is 0 Å². The maximum Gasteiger partial charge on any atom is 0.0936 e. The smallest absolute Gasteiger partial charge is 0.0936 e. The Bertz CT molecular complexity index is 135. The number of nitrogens with two attached hydrogens (primary N) is 1. The molecule has 0 aromatic carbocycles. The summed E-state index contributed by atoms with van der Waals surface area (Å²) >= 11 is 0. The van der Waals surface area contributed by atoms with Crippen LogP contribution < -0.4 is 5.73 Å². The first-order valence-electron chi connectivity index (χ1n) is 6.06. The first kappa shape index (κ1) is 13.5. The number of hydrogen-bond acceptors (Lipinski definition) is 1. The molecule has 0 atom stereocenters. The summed E-state index contributed by atoms with van der Waals surface area (Å²) in [5.41, 5.74) is 5.35. The third kappa shape index (κ3) is 6.93. The van der Waals surface area contributed by atoms with Crippen molar-refractivity contribution < 1.29 is 0 Å². The Morgan fingerprint density at radius 2 is 1.64 bits per heavy atom. The van der Waals surface area contributed by atoms with Gasteiger partial charge in [-0.3, -0.25) is 5.41 Å². The molecule has 14 heavy (non-hydrogen) atoms. The van der Waals surface area contributed by atoms with Gasteiger partial charge in [-0.15, -0.1) is 0 Å². The van der Waals surface area contributed by atoms with E-state index in [0.29, 0.717) is 11.8 Å². The standard InChI is InChI=1S/C7H14N2.C5H12/c8-7(9)6-4-2-1-3-5-6;1-3-5-4-2/h6H,1-5H2,(H3,8,9);3-5H2,1-2H3. The van der Waals surface area contributed by atoms with Crippen LogP contribution in [0.3, 0.4) is 0 Å². The fourth-order valence-corrected chi connectivity index (χ4v) is 1.77. The summed E-state index contributed by atoms with van der Waals surface area (Å²) in [5, 5.41) is 7.17. The number of nitrogens with one attached hydrogen (secondary N) is 1. The van der Waals surface area contributed by atoms with E-state index in [2.05, 4.69) is 13.8 Å². The Balaban J connectivity index is 0.000000292. The van der Waals surface area contributed by atoms with Crippen LogP contribution in [0, 0.1) is 11.3 Å². The van der Waals surface area contributed by atoms with E-state index >= 15 is 0 Å². The molecule has 1 aliphatic carbocycles. The molecule has 0 amide bonds. The molecule has 0 saturated heterocycles. The molecular weight excluding hydrogens is 172 g/mol. The molecular formula is C12H26N2. The van der Waals surface area contributed by atoms with Crippen molar-refractivity contribution in [2.75, 3.05) is 0 Å². The molecule has 2 nitrogen and oxygen atoms in total. The summed E-state index contributed by atoms with van der Waals surface area (Å²) in [4.78, 5) is 0. The molecule has 0 bridgehead atoms. The van der Waals surface area contributed by atoms with Gasteiger partial charge in [0, 0.05) is 5.92 Å². The summed E-state index contributed by atoms with van der Waals surface area (Å²) < 4.78 is 0. The number of rotatable bonds is 3. The second kappa shape index (κ2) is 9.04. The first-order chi connectivity index (χ1) is 6.72. The van der Waals surface area contributed by atoms with Crippen molar-refractivity contribution in [2.45, 2.75) is 65.2 Å². The molecule has 0 aromatic heterocycles. The maximum atomic E-state index is 7.17. The van der Waals surface area contributed by atoms with Gasteiger partial charge in [-0.05, 0) is 12.8 Å². The molecule has 3 N–H and O–H groups in total. The molecule has 0 aromatic rings. The van der Waals surface area contributed by atoms with Crippen LogP contribution in [0.25, 0.3) is 0 Å². The van der Waals surface area contributed by atoms with Gasteiger partial charge in [-0.1, -0.05) is 52.4 Å². The number of unbranched alkanes of at least 4 members (excludes halogenated alkanes) is 2. The third-order valence-electron chi connectivity index (χ3n) is 2.75. The topological polar surface area (TPSA) is 49.9 Å². The molecule has 2 heteroatoms. The van der Waals surface area contributed by atoms with Crippen molar-refractivity contribution in [3.05, 3.63) is 0 Å². The highest BCUT2D eigenvalue weighted by molar-refractivity contribution is 5.79. The van der Waals surface area contributed by atoms with E-state index in [1.165, 1.54) is 38.5 Å². The summed E-state index contributed by atoms with van der Waals surface area (Å²) in [7, 11) is 0. The van der Waals surface area contributed by atoms with Gasteiger partial charge < -0.3 is 5.73 Å². The molecule has 0 aliphatic heterocycles. The van der Waals surface area contributed by atoms with Crippen LogP contribution in [0.4, 0.5) is 0 Å². The van der Waals surface area contributed by atoms with Crippen molar-refractivity contribution in [1.82, 2.24) is 0 Å². The Hall–Kier alpha value is -0.530.